The van der Waals surface area contributed by atoms with Crippen LogP contribution in [-0.2, 0) is 29.1 Å². The van der Waals surface area contributed by atoms with Gasteiger partial charge >= 0.3 is 6.03 Å². The molecule has 0 radical (unpaired) electrons. The number of aryl methyl sites for hydroxylation is 1. The molecule has 0 saturated carbocycles. The molecule has 236 valence electrons. The largest absolute Gasteiger partial charge is 0.508 e. The van der Waals surface area contributed by atoms with Crippen LogP contribution in [0.4, 0.5) is 10.5 Å². The Kier molecular flexibility index (Phi) is 13.2. The summed E-state index contributed by atoms with van der Waals surface area (Å²) in [5.74, 6) is -0.149. The first-order valence-corrected chi connectivity index (χ1v) is 15.6. The highest BCUT2D eigenvalue weighted by molar-refractivity contribution is 6.12. The van der Waals surface area contributed by atoms with Gasteiger partial charge in [-0.1, -0.05) is 61.4 Å². The maximum atomic E-state index is 13.0. The van der Waals surface area contributed by atoms with E-state index in [0.29, 0.717) is 17.7 Å². The van der Waals surface area contributed by atoms with Gasteiger partial charge in [0.15, 0.2) is 0 Å². The third-order valence-electron chi connectivity index (χ3n) is 7.85. The minimum atomic E-state index is -0.686. The number of hydrogen-bond acceptors (Lipinski definition) is 7. The van der Waals surface area contributed by atoms with Crippen molar-refractivity contribution in [3.63, 3.8) is 0 Å². The molecular weight excluding hydrogens is 558 g/mol. The summed E-state index contributed by atoms with van der Waals surface area (Å²) in [5.41, 5.74) is 3.92. The zero-order valence-electron chi connectivity index (χ0n) is 25.4. The van der Waals surface area contributed by atoms with Gasteiger partial charge in [-0.2, -0.15) is 0 Å². The van der Waals surface area contributed by atoms with Crippen LogP contribution >= 0.6 is 0 Å². The van der Waals surface area contributed by atoms with Crippen LogP contribution in [0.15, 0.2) is 72.8 Å². The van der Waals surface area contributed by atoms with Gasteiger partial charge in [0, 0.05) is 31.0 Å². The number of aliphatic hydroxyl groups excluding tert-OH is 2. The Morgan fingerprint density at radius 3 is 2.39 bits per heavy atom. The second-order valence-electron chi connectivity index (χ2n) is 11.3. The molecule has 0 spiro atoms. The third kappa shape index (κ3) is 9.89. The van der Waals surface area contributed by atoms with Gasteiger partial charge in [0.25, 0.3) is 5.91 Å². The van der Waals surface area contributed by atoms with Gasteiger partial charge in [0.2, 0.25) is 0 Å². The molecular formula is C35H45N3O6. The van der Waals surface area contributed by atoms with Crippen molar-refractivity contribution in [3.05, 3.63) is 95.1 Å². The number of carbonyl (C=O) groups is 2. The van der Waals surface area contributed by atoms with Gasteiger partial charge in [-0.3, -0.25) is 14.6 Å². The van der Waals surface area contributed by atoms with Crippen LogP contribution < -0.4 is 10.2 Å². The number of urea groups is 1. The lowest BCUT2D eigenvalue weighted by atomic mass is 10.1. The smallest absolute Gasteiger partial charge is 0.332 e. The summed E-state index contributed by atoms with van der Waals surface area (Å²) in [4.78, 5) is 28.4. The summed E-state index contributed by atoms with van der Waals surface area (Å²) < 4.78 is 5.82. The Balaban J connectivity index is 1.02. The van der Waals surface area contributed by atoms with Gasteiger partial charge < -0.3 is 25.4 Å². The highest BCUT2D eigenvalue weighted by atomic mass is 16.5. The number of anilines is 1. The number of phenols is 1. The van der Waals surface area contributed by atoms with E-state index >= 15 is 0 Å². The van der Waals surface area contributed by atoms with Gasteiger partial charge in [-0.05, 0) is 79.6 Å². The molecule has 4 rings (SSSR count). The number of benzene rings is 3. The first-order chi connectivity index (χ1) is 21.5. The Morgan fingerprint density at radius 1 is 0.841 bits per heavy atom. The van der Waals surface area contributed by atoms with E-state index < -0.39 is 6.10 Å². The van der Waals surface area contributed by atoms with Crippen LogP contribution in [0.1, 0.15) is 66.9 Å². The van der Waals surface area contributed by atoms with E-state index in [9.17, 15) is 24.9 Å². The highest BCUT2D eigenvalue weighted by Gasteiger charge is 2.36. The van der Waals surface area contributed by atoms with Crippen LogP contribution in [0, 0.1) is 0 Å². The van der Waals surface area contributed by atoms with Crippen molar-refractivity contribution in [2.75, 3.05) is 37.7 Å². The molecule has 3 amide bonds. The zero-order chi connectivity index (χ0) is 31.1. The summed E-state index contributed by atoms with van der Waals surface area (Å²) in [6.07, 6.45) is 6.37. The van der Waals surface area contributed by atoms with Crippen molar-refractivity contribution in [1.82, 2.24) is 10.2 Å². The maximum absolute atomic E-state index is 13.0. The summed E-state index contributed by atoms with van der Waals surface area (Å²) in [6, 6.07) is 22.0. The van der Waals surface area contributed by atoms with Gasteiger partial charge in [-0.25, -0.2) is 4.79 Å². The number of nitrogens with zero attached hydrogens (tertiary/aromatic N) is 2. The summed E-state index contributed by atoms with van der Waals surface area (Å²) in [7, 11) is 0. The number of nitrogens with one attached hydrogen (secondary N) is 1. The van der Waals surface area contributed by atoms with Crippen LogP contribution in [-0.4, -0.2) is 65.0 Å². The molecule has 1 aliphatic rings. The summed E-state index contributed by atoms with van der Waals surface area (Å²) in [5, 5.41) is 32.5. The maximum Gasteiger partial charge on any atom is 0.332 e. The number of aliphatic hydroxyl groups is 2. The van der Waals surface area contributed by atoms with Crippen molar-refractivity contribution in [1.29, 1.82) is 0 Å². The van der Waals surface area contributed by atoms with E-state index in [1.807, 2.05) is 48.5 Å². The first kappa shape index (κ1) is 33.1. The number of rotatable bonds is 19. The van der Waals surface area contributed by atoms with Crippen molar-refractivity contribution < 1.29 is 29.6 Å². The molecule has 1 heterocycles. The van der Waals surface area contributed by atoms with E-state index in [-0.39, 0.29) is 37.4 Å². The number of ether oxygens (including phenoxy) is 1. The van der Waals surface area contributed by atoms with E-state index in [4.69, 9.17) is 4.74 Å². The van der Waals surface area contributed by atoms with E-state index in [2.05, 4.69) is 11.4 Å². The molecule has 0 aromatic heterocycles. The molecule has 4 N–H and O–H groups in total. The summed E-state index contributed by atoms with van der Waals surface area (Å²) in [6.45, 7) is 2.80. The lowest BCUT2D eigenvalue weighted by molar-refractivity contribution is -0.125. The predicted octanol–water partition coefficient (Wildman–Crippen LogP) is 5.08. The van der Waals surface area contributed by atoms with Gasteiger partial charge in [-0.15, -0.1) is 0 Å². The molecule has 9 heteroatoms. The Hall–Kier alpha value is -3.76. The molecule has 44 heavy (non-hydrogen) atoms. The Labute approximate surface area is 260 Å². The fourth-order valence-electron chi connectivity index (χ4n) is 5.28. The van der Waals surface area contributed by atoms with Crippen molar-refractivity contribution in [3.8, 4) is 5.75 Å². The number of hydrogen-bond donors (Lipinski definition) is 4. The van der Waals surface area contributed by atoms with Crippen LogP contribution in [0.25, 0.3) is 0 Å². The first-order valence-electron chi connectivity index (χ1n) is 15.6. The number of carbonyl (C=O) groups excluding carboxylic acids is 2. The predicted molar refractivity (Wildman–Crippen MR) is 170 cm³/mol. The van der Waals surface area contributed by atoms with Crippen LogP contribution in [0.2, 0.25) is 0 Å². The molecule has 1 saturated heterocycles. The number of amides is 3. The highest BCUT2D eigenvalue weighted by Crippen LogP contribution is 2.25. The molecule has 1 atom stereocenters. The number of imide groups is 1. The molecule has 0 aliphatic carbocycles. The fraction of sp³-hybridized carbons (Fsp3) is 0.429. The van der Waals surface area contributed by atoms with Crippen LogP contribution in [0.5, 0.6) is 5.75 Å². The topological polar surface area (TPSA) is 123 Å². The van der Waals surface area contributed by atoms with Crippen LogP contribution in [0.3, 0.4) is 0 Å². The van der Waals surface area contributed by atoms with E-state index in [1.165, 1.54) is 11.0 Å². The average Bonchev–Trinajstić information content (AvgIpc) is 3.32. The second kappa shape index (κ2) is 17.5. The van der Waals surface area contributed by atoms with E-state index in [0.717, 1.165) is 81.5 Å². The van der Waals surface area contributed by atoms with Gasteiger partial charge in [0.05, 0.1) is 19.3 Å². The molecule has 3 aromatic rings. The van der Waals surface area contributed by atoms with Crippen molar-refractivity contribution in [2.45, 2.75) is 64.2 Å². The molecule has 1 aliphatic heterocycles. The quantitative estimate of drug-likeness (QED) is 0.111. The molecule has 1 fully saturated rings. The standard InChI is InChI=1S/C35H45N3O6/c39-26-30-22-29(16-17-32(30)40)33(41)23-36-18-7-1-2-8-19-44-20-9-6-11-27-14-10-15-31(21-27)37-25-34(42)38(35(37)43)24-28-12-4-3-5-13-28/h3-5,10,12-17,21-22,33,36,39-41H,1-2,6-9,11,18-20,23-26H2/t33-/m0/s1. The SMILES string of the molecule is O=C1CN(c2cccc(CCCCOCCCCCCNC[C@H](O)c3ccc(O)c(CO)c3)c2)C(=O)N1Cc1ccccc1. The Bertz CT molecular complexity index is 1340. The fourth-order valence-corrected chi connectivity index (χ4v) is 5.28. The molecule has 9 nitrogen and oxygen atoms in total. The number of unbranched alkanes of at least 4 members (excludes halogenated alkanes) is 4. The third-order valence-corrected chi connectivity index (χ3v) is 7.85. The van der Waals surface area contributed by atoms with E-state index in [1.54, 1.807) is 17.0 Å². The minimum Gasteiger partial charge on any atom is -0.508 e. The minimum absolute atomic E-state index is 0.0334. The monoisotopic (exact) mass is 603 g/mol. The lowest BCUT2D eigenvalue weighted by Crippen LogP contribution is -2.32. The summed E-state index contributed by atoms with van der Waals surface area (Å²) >= 11 is 0. The average molecular weight is 604 g/mol. The Morgan fingerprint density at radius 2 is 1.59 bits per heavy atom. The lowest BCUT2D eigenvalue weighted by Gasteiger charge is -2.18. The molecule has 3 aromatic carbocycles. The van der Waals surface area contributed by atoms with Crippen molar-refractivity contribution in [2.24, 2.45) is 0 Å². The normalized spacial score (nSPS) is 14.0. The molecule has 0 bridgehead atoms. The second-order valence-corrected chi connectivity index (χ2v) is 11.3. The van der Waals surface area contributed by atoms with Gasteiger partial charge in [0.1, 0.15) is 12.3 Å². The van der Waals surface area contributed by atoms with Crippen molar-refractivity contribution >= 4 is 17.6 Å². The number of aromatic hydroxyl groups is 1. The zero-order valence-corrected chi connectivity index (χ0v) is 25.4. The molecule has 0 unspecified atom stereocenters.